The van der Waals surface area contributed by atoms with Crippen molar-refractivity contribution in [1.29, 1.82) is 0 Å². The van der Waals surface area contributed by atoms with Crippen molar-refractivity contribution in [3.63, 3.8) is 0 Å². The highest BCUT2D eigenvalue weighted by atomic mass is 32.1. The normalized spacial score (nSPS) is 11.1. The van der Waals surface area contributed by atoms with Crippen molar-refractivity contribution in [1.82, 2.24) is 8.75 Å². The highest BCUT2D eigenvalue weighted by molar-refractivity contribution is 7.19. The van der Waals surface area contributed by atoms with E-state index in [2.05, 4.69) is 62.4 Å². The molecule has 0 amide bonds. The lowest BCUT2D eigenvalue weighted by Gasteiger charge is -2.19. The van der Waals surface area contributed by atoms with E-state index in [1.54, 1.807) is 22.7 Å². The van der Waals surface area contributed by atoms with Crippen LogP contribution in [0.4, 0.5) is 0 Å². The largest absolute Gasteiger partial charge is 0.457 e. The van der Waals surface area contributed by atoms with Crippen LogP contribution < -0.4 is 18.9 Å². The number of para-hydroxylation sites is 4. The molecule has 0 radical (unpaired) electrons. The minimum absolute atomic E-state index is 0.565. The van der Waals surface area contributed by atoms with Gasteiger partial charge in [-0.1, -0.05) is 72.8 Å². The third kappa shape index (κ3) is 8.02. The topological polar surface area (TPSA) is 62.7 Å². The molecule has 0 fully saturated rings. The second kappa shape index (κ2) is 16.9. The van der Waals surface area contributed by atoms with Crippen LogP contribution in [0.1, 0.15) is 11.1 Å². The average molecular weight is 849 g/mol. The summed E-state index contributed by atoms with van der Waals surface area (Å²) in [7, 11) is 0. The minimum Gasteiger partial charge on any atom is -0.457 e. The summed E-state index contributed by atoms with van der Waals surface area (Å²) in [6.07, 6.45) is 0. The number of thiophene rings is 2. The van der Waals surface area contributed by atoms with E-state index in [0.29, 0.717) is 23.0 Å². The lowest BCUT2D eigenvalue weighted by atomic mass is 10.0. The molecule has 0 bridgehead atoms. The number of ether oxygens (including phenoxy) is 4. The Balaban J connectivity index is 1.10. The summed E-state index contributed by atoms with van der Waals surface area (Å²) >= 11 is 4.55. The number of benzene rings is 7. The zero-order valence-corrected chi connectivity index (χ0v) is 35.5. The fourth-order valence-electron chi connectivity index (χ4n) is 7.26. The molecular weight excluding hydrogens is 813 g/mol. The fraction of sp³-hybridized carbons (Fsp3) is 0.0385. The average Bonchev–Trinajstić information content (AvgIpc) is 4.09. The first-order chi connectivity index (χ1) is 30.0. The monoisotopic (exact) mass is 848 g/mol. The van der Waals surface area contributed by atoms with Crippen molar-refractivity contribution in [2.24, 2.45) is 0 Å². The lowest BCUT2D eigenvalue weighted by molar-refractivity contribution is 0.422. The maximum absolute atomic E-state index is 6.98. The van der Waals surface area contributed by atoms with E-state index >= 15 is 0 Å². The Hall–Kier alpha value is -7.04. The van der Waals surface area contributed by atoms with Gasteiger partial charge in [-0.05, 0) is 145 Å². The highest BCUT2D eigenvalue weighted by Gasteiger charge is 2.30. The van der Waals surface area contributed by atoms with Crippen molar-refractivity contribution in [2.45, 2.75) is 13.8 Å². The van der Waals surface area contributed by atoms with Gasteiger partial charge in [0, 0.05) is 19.5 Å². The number of fused-ring (bicyclic) bond motifs is 1. The van der Waals surface area contributed by atoms with E-state index in [4.69, 9.17) is 27.7 Å². The zero-order chi connectivity index (χ0) is 41.1. The molecule has 0 atom stereocenters. The molecule has 0 aliphatic heterocycles. The van der Waals surface area contributed by atoms with Gasteiger partial charge in [-0.3, -0.25) is 0 Å². The molecule has 6 nitrogen and oxygen atoms in total. The Morgan fingerprint density at radius 2 is 0.689 bits per heavy atom. The van der Waals surface area contributed by atoms with Crippen LogP contribution in [-0.2, 0) is 0 Å². The van der Waals surface area contributed by atoms with Crippen molar-refractivity contribution < 1.29 is 18.9 Å². The Morgan fingerprint density at radius 1 is 0.344 bits per heavy atom. The van der Waals surface area contributed by atoms with Gasteiger partial charge < -0.3 is 18.9 Å². The number of aromatic nitrogens is 2. The predicted molar refractivity (Wildman–Crippen MR) is 250 cm³/mol. The van der Waals surface area contributed by atoms with E-state index in [-0.39, 0.29) is 0 Å². The molecule has 0 unspecified atom stereocenters. The van der Waals surface area contributed by atoms with Gasteiger partial charge in [0.25, 0.3) is 0 Å². The molecule has 3 aromatic heterocycles. The molecular formula is C52H36N2O4S3. The summed E-state index contributed by atoms with van der Waals surface area (Å²) in [5, 5.41) is 0. The standard InChI is InChI=1S/C52H36N2O4S3/c1-33-31-39(55-35-15-7-3-8-16-35)23-25-41(33)43-27-29-45(59-43)47-49-50(54-61-53-49)48(52(58-38-21-13-6-14-22-38)51(47)57-37-19-11-5-12-20-37)46-30-28-44(60-46)42-26-24-40(32-34(42)2)56-36-17-9-4-10-18-36/h3-32H,1-2H3. The van der Waals surface area contributed by atoms with Gasteiger partial charge in [0.1, 0.15) is 45.5 Å². The van der Waals surface area contributed by atoms with Crippen LogP contribution in [0, 0.1) is 13.8 Å². The van der Waals surface area contributed by atoms with Crippen molar-refractivity contribution in [2.75, 3.05) is 0 Å². The number of aryl methyl sites for hydroxylation is 2. The Bertz CT molecular complexity index is 2900. The molecule has 0 spiro atoms. The van der Waals surface area contributed by atoms with Crippen LogP contribution in [0.5, 0.6) is 46.0 Å². The molecule has 10 rings (SSSR count). The SMILES string of the molecule is Cc1cc(Oc2ccccc2)ccc1-c1ccc(-c2c(Oc3ccccc3)c(Oc3ccccc3)c(-c3ccc(-c4ccc(Oc5ccccc5)cc4C)s3)c3nsnc23)s1. The van der Waals surface area contributed by atoms with Crippen molar-refractivity contribution >= 4 is 45.4 Å². The van der Waals surface area contributed by atoms with Crippen molar-refractivity contribution in [3.05, 3.63) is 193 Å². The molecule has 3 heterocycles. The summed E-state index contributed by atoms with van der Waals surface area (Å²) < 4.78 is 36.2. The molecule has 61 heavy (non-hydrogen) atoms. The fourth-order valence-corrected chi connectivity index (χ4v) is 10.1. The van der Waals surface area contributed by atoms with Gasteiger partial charge in [0.05, 0.1) is 22.9 Å². The van der Waals surface area contributed by atoms with Crippen LogP contribution in [0.2, 0.25) is 0 Å². The Labute approximate surface area is 365 Å². The zero-order valence-electron chi connectivity index (χ0n) is 33.1. The minimum atomic E-state index is 0.565. The van der Waals surface area contributed by atoms with Gasteiger partial charge in [0.15, 0.2) is 11.5 Å². The first-order valence-electron chi connectivity index (χ1n) is 19.7. The third-order valence-electron chi connectivity index (χ3n) is 10.1. The van der Waals surface area contributed by atoms with Gasteiger partial charge in [-0.25, -0.2) is 0 Å². The number of nitrogens with zero attached hydrogens (tertiary/aromatic N) is 2. The molecule has 0 N–H and O–H groups in total. The Morgan fingerprint density at radius 3 is 1.05 bits per heavy atom. The maximum atomic E-state index is 6.98. The molecule has 10 aromatic rings. The summed E-state index contributed by atoms with van der Waals surface area (Å²) in [5.41, 5.74) is 7.58. The quantitative estimate of drug-likeness (QED) is 0.122. The van der Waals surface area contributed by atoms with E-state index in [0.717, 1.165) is 86.9 Å². The van der Waals surface area contributed by atoms with Crippen LogP contribution in [-0.4, -0.2) is 8.75 Å². The highest BCUT2D eigenvalue weighted by Crippen LogP contribution is 2.56. The summed E-state index contributed by atoms with van der Waals surface area (Å²) in [4.78, 5) is 4.17. The maximum Gasteiger partial charge on any atom is 0.181 e. The van der Waals surface area contributed by atoms with Crippen molar-refractivity contribution in [3.8, 4) is 87.8 Å². The van der Waals surface area contributed by atoms with Crippen LogP contribution >= 0.6 is 34.4 Å². The first-order valence-corrected chi connectivity index (χ1v) is 22.1. The summed E-state index contributed by atoms with van der Waals surface area (Å²) in [6.45, 7) is 4.23. The van der Waals surface area contributed by atoms with Gasteiger partial charge in [-0.15, -0.1) is 22.7 Å². The summed E-state index contributed by atoms with van der Waals surface area (Å²) in [5.74, 6) is 5.66. The Kier molecular flexibility index (Phi) is 10.6. The van der Waals surface area contributed by atoms with Gasteiger partial charge in [0.2, 0.25) is 0 Å². The molecule has 7 aromatic carbocycles. The number of hydrogen-bond acceptors (Lipinski definition) is 9. The van der Waals surface area contributed by atoms with E-state index in [1.165, 1.54) is 11.7 Å². The predicted octanol–water partition coefficient (Wildman–Crippen LogP) is 16.3. The number of hydrogen-bond donors (Lipinski definition) is 0. The molecule has 9 heteroatoms. The molecule has 0 saturated carbocycles. The van der Waals surface area contributed by atoms with Gasteiger partial charge >= 0.3 is 0 Å². The molecule has 0 saturated heterocycles. The number of rotatable bonds is 12. The van der Waals surface area contributed by atoms with E-state index in [9.17, 15) is 0 Å². The molecule has 296 valence electrons. The second-order valence-corrected chi connectivity index (χ2v) is 17.0. The molecule has 0 aliphatic rings. The smallest absolute Gasteiger partial charge is 0.181 e. The third-order valence-corrected chi connectivity index (χ3v) is 12.9. The molecule has 0 aliphatic carbocycles. The van der Waals surface area contributed by atoms with Gasteiger partial charge in [-0.2, -0.15) is 8.75 Å². The second-order valence-electron chi connectivity index (χ2n) is 14.3. The first kappa shape index (κ1) is 38.2. The van der Waals surface area contributed by atoms with E-state index < -0.39 is 0 Å². The van der Waals surface area contributed by atoms with E-state index in [1.807, 2.05) is 133 Å². The van der Waals surface area contributed by atoms with Crippen LogP contribution in [0.25, 0.3) is 52.8 Å². The summed E-state index contributed by atoms with van der Waals surface area (Å²) in [6, 6.07) is 60.4. The van der Waals surface area contributed by atoms with Crippen LogP contribution in [0.3, 0.4) is 0 Å². The lowest BCUT2D eigenvalue weighted by Crippen LogP contribution is -1.97. The van der Waals surface area contributed by atoms with Crippen LogP contribution in [0.15, 0.2) is 182 Å².